The number of fused-ring (bicyclic) bond motifs is 1. The van der Waals surface area contributed by atoms with E-state index in [1.54, 1.807) is 6.20 Å². The Balaban J connectivity index is 2.12. The largest absolute Gasteiger partial charge is 0.346 e. The topological polar surface area (TPSA) is 78.2 Å². The van der Waals surface area contributed by atoms with Crippen LogP contribution in [0.1, 0.15) is 26.5 Å². The summed E-state index contributed by atoms with van der Waals surface area (Å²) in [7, 11) is 0. The Hall–Kier alpha value is -3.00. The smallest absolute Gasteiger partial charge is 0.141 e. The van der Waals surface area contributed by atoms with Crippen LogP contribution < -0.4 is 0 Å². The number of H-pyrrole nitrogens is 1. The molecule has 0 atom stereocenters. The average molecular weight is 303 g/mol. The lowest BCUT2D eigenvalue weighted by Gasteiger charge is -2.13. The van der Waals surface area contributed by atoms with E-state index in [0.29, 0.717) is 11.3 Å². The highest BCUT2D eigenvalue weighted by Gasteiger charge is 2.13. The van der Waals surface area contributed by atoms with Crippen molar-refractivity contribution >= 4 is 16.6 Å². The Morgan fingerprint density at radius 2 is 2.04 bits per heavy atom. The number of aromatic nitrogens is 4. The number of hydrogen-bond donors (Lipinski definition) is 1. The lowest BCUT2D eigenvalue weighted by atomic mass is 9.92. The van der Waals surface area contributed by atoms with Gasteiger partial charge in [-0.3, -0.25) is 4.98 Å². The van der Waals surface area contributed by atoms with E-state index in [9.17, 15) is 5.26 Å². The van der Waals surface area contributed by atoms with E-state index < -0.39 is 0 Å². The van der Waals surface area contributed by atoms with E-state index in [0.717, 1.165) is 22.3 Å². The van der Waals surface area contributed by atoms with Gasteiger partial charge in [-0.25, -0.2) is 9.97 Å². The number of nitrogens with one attached hydrogen (secondary N) is 1. The Labute approximate surface area is 134 Å². The quantitative estimate of drug-likeness (QED) is 0.726. The maximum Gasteiger partial charge on any atom is 0.141 e. The van der Waals surface area contributed by atoms with Gasteiger partial charge in [0, 0.05) is 23.3 Å². The van der Waals surface area contributed by atoms with Gasteiger partial charge in [-0.05, 0) is 23.6 Å². The molecule has 114 valence electrons. The van der Waals surface area contributed by atoms with Gasteiger partial charge in [-0.1, -0.05) is 26.8 Å². The van der Waals surface area contributed by atoms with Crippen LogP contribution in [0.5, 0.6) is 0 Å². The number of rotatable bonds is 2. The summed E-state index contributed by atoms with van der Waals surface area (Å²) in [5.74, 6) is 0. The summed E-state index contributed by atoms with van der Waals surface area (Å²) in [4.78, 5) is 16.0. The van der Waals surface area contributed by atoms with Gasteiger partial charge >= 0.3 is 0 Å². The van der Waals surface area contributed by atoms with E-state index in [-0.39, 0.29) is 5.41 Å². The van der Waals surface area contributed by atoms with E-state index in [1.165, 1.54) is 6.33 Å². The standard InChI is InChI=1S/C18H17N5/c1-18(2,3)9-13(10-19)15-8-12(4-6-20-15)16-14-5-7-21-17(14)23-11-22-16/h4-9,11H,1-3H3,(H,21,22,23)/b13-9-. The molecule has 0 aliphatic rings. The zero-order valence-corrected chi connectivity index (χ0v) is 13.3. The first-order valence-electron chi connectivity index (χ1n) is 7.36. The van der Waals surface area contributed by atoms with Gasteiger partial charge in [0.25, 0.3) is 0 Å². The molecule has 0 saturated heterocycles. The molecular formula is C18H17N5. The van der Waals surface area contributed by atoms with Crippen LogP contribution in [0.15, 0.2) is 43.0 Å². The molecule has 0 spiro atoms. The third kappa shape index (κ3) is 3.11. The molecule has 3 aromatic heterocycles. The summed E-state index contributed by atoms with van der Waals surface area (Å²) < 4.78 is 0. The maximum atomic E-state index is 9.45. The molecule has 0 aromatic carbocycles. The van der Waals surface area contributed by atoms with Crippen molar-refractivity contribution in [1.82, 2.24) is 19.9 Å². The lowest BCUT2D eigenvalue weighted by molar-refractivity contribution is 0.546. The van der Waals surface area contributed by atoms with Crippen molar-refractivity contribution < 1.29 is 0 Å². The molecule has 23 heavy (non-hydrogen) atoms. The van der Waals surface area contributed by atoms with Crippen LogP contribution >= 0.6 is 0 Å². The van der Waals surface area contributed by atoms with Crippen LogP contribution in [-0.4, -0.2) is 19.9 Å². The summed E-state index contributed by atoms with van der Waals surface area (Å²) in [5.41, 5.74) is 3.66. The van der Waals surface area contributed by atoms with Gasteiger partial charge in [-0.2, -0.15) is 5.26 Å². The fourth-order valence-corrected chi connectivity index (χ4v) is 2.42. The maximum absolute atomic E-state index is 9.45. The highest BCUT2D eigenvalue weighted by Crippen LogP contribution is 2.28. The molecule has 3 aromatic rings. The molecular weight excluding hydrogens is 286 g/mol. The van der Waals surface area contributed by atoms with Crippen molar-refractivity contribution in [2.24, 2.45) is 5.41 Å². The van der Waals surface area contributed by atoms with Crippen LogP contribution in [0, 0.1) is 16.7 Å². The normalized spacial score (nSPS) is 12.3. The molecule has 3 heterocycles. The summed E-state index contributed by atoms with van der Waals surface area (Å²) >= 11 is 0. The molecule has 0 fully saturated rings. The van der Waals surface area contributed by atoms with E-state index in [2.05, 4.69) is 46.8 Å². The minimum absolute atomic E-state index is 0.0917. The molecule has 0 aliphatic heterocycles. The van der Waals surface area contributed by atoms with Crippen LogP contribution in [-0.2, 0) is 0 Å². The molecule has 0 unspecified atom stereocenters. The van der Waals surface area contributed by atoms with E-state index in [4.69, 9.17) is 0 Å². The third-order valence-electron chi connectivity index (χ3n) is 3.36. The second kappa shape index (κ2) is 5.65. The van der Waals surface area contributed by atoms with E-state index in [1.807, 2.05) is 30.5 Å². The van der Waals surface area contributed by atoms with Gasteiger partial charge < -0.3 is 4.98 Å². The van der Waals surface area contributed by atoms with Crippen LogP contribution in [0.4, 0.5) is 0 Å². The van der Waals surface area contributed by atoms with Crippen molar-refractivity contribution in [2.75, 3.05) is 0 Å². The Morgan fingerprint density at radius 1 is 1.22 bits per heavy atom. The molecule has 0 bridgehead atoms. The molecule has 0 radical (unpaired) electrons. The van der Waals surface area contributed by atoms with Gasteiger partial charge in [-0.15, -0.1) is 0 Å². The van der Waals surface area contributed by atoms with Crippen molar-refractivity contribution in [2.45, 2.75) is 20.8 Å². The van der Waals surface area contributed by atoms with Crippen LogP contribution in [0.2, 0.25) is 0 Å². The average Bonchev–Trinajstić information content (AvgIpc) is 3.00. The zero-order valence-electron chi connectivity index (χ0n) is 13.3. The SMILES string of the molecule is CC(C)(C)/C=C(/C#N)c1cc(-c2ncnc3[nH]ccc23)ccn1. The number of nitrogens with zero attached hydrogens (tertiary/aromatic N) is 4. The van der Waals surface area contributed by atoms with Crippen molar-refractivity contribution in [3.05, 3.63) is 48.7 Å². The number of aromatic amines is 1. The van der Waals surface area contributed by atoms with Gasteiger partial charge in [0.2, 0.25) is 0 Å². The molecule has 0 saturated carbocycles. The molecule has 0 aliphatic carbocycles. The third-order valence-corrected chi connectivity index (χ3v) is 3.36. The summed E-state index contributed by atoms with van der Waals surface area (Å²) in [6, 6.07) is 7.98. The van der Waals surface area contributed by atoms with Crippen molar-refractivity contribution in [3.8, 4) is 17.3 Å². The molecule has 0 amide bonds. The predicted molar refractivity (Wildman–Crippen MR) is 90.2 cm³/mol. The first-order chi connectivity index (χ1) is 11.0. The predicted octanol–water partition coefficient (Wildman–Crippen LogP) is 3.97. The Kier molecular flexibility index (Phi) is 3.67. The van der Waals surface area contributed by atoms with Crippen LogP contribution in [0.3, 0.4) is 0 Å². The van der Waals surface area contributed by atoms with Crippen LogP contribution in [0.25, 0.3) is 27.9 Å². The second-order valence-electron chi connectivity index (χ2n) is 6.43. The second-order valence-corrected chi connectivity index (χ2v) is 6.43. The van der Waals surface area contributed by atoms with Crippen molar-refractivity contribution in [1.29, 1.82) is 5.26 Å². The molecule has 1 N–H and O–H groups in total. The number of hydrogen-bond acceptors (Lipinski definition) is 4. The van der Waals surface area contributed by atoms with E-state index >= 15 is 0 Å². The summed E-state index contributed by atoms with van der Waals surface area (Å²) in [6.45, 7) is 6.17. The number of allylic oxidation sites excluding steroid dienone is 2. The number of pyridine rings is 1. The monoisotopic (exact) mass is 303 g/mol. The van der Waals surface area contributed by atoms with Gasteiger partial charge in [0.05, 0.1) is 17.0 Å². The minimum atomic E-state index is -0.0917. The first kappa shape index (κ1) is 14.9. The lowest BCUT2D eigenvalue weighted by Crippen LogP contribution is -2.01. The molecule has 3 rings (SSSR count). The molecule has 5 heteroatoms. The Bertz CT molecular complexity index is 922. The fraction of sp³-hybridized carbons (Fsp3) is 0.222. The Morgan fingerprint density at radius 3 is 2.78 bits per heavy atom. The minimum Gasteiger partial charge on any atom is -0.346 e. The summed E-state index contributed by atoms with van der Waals surface area (Å²) in [6.07, 6.45) is 7.01. The summed E-state index contributed by atoms with van der Waals surface area (Å²) in [5, 5.41) is 10.4. The highest BCUT2D eigenvalue weighted by molar-refractivity contribution is 5.91. The molecule has 5 nitrogen and oxygen atoms in total. The first-order valence-corrected chi connectivity index (χ1v) is 7.36. The number of nitriles is 1. The van der Waals surface area contributed by atoms with Crippen molar-refractivity contribution in [3.63, 3.8) is 0 Å². The highest BCUT2D eigenvalue weighted by atomic mass is 14.9. The van der Waals surface area contributed by atoms with Gasteiger partial charge in [0.15, 0.2) is 0 Å². The fourth-order valence-electron chi connectivity index (χ4n) is 2.42. The zero-order chi connectivity index (χ0) is 16.4. The van der Waals surface area contributed by atoms with Gasteiger partial charge in [0.1, 0.15) is 18.0 Å².